The summed E-state index contributed by atoms with van der Waals surface area (Å²) in [4.78, 5) is 11.2. The van der Waals surface area contributed by atoms with Crippen molar-refractivity contribution in [1.82, 2.24) is 4.57 Å². The van der Waals surface area contributed by atoms with Gasteiger partial charge in [0.2, 0.25) is 0 Å². The minimum absolute atomic E-state index is 0.0816. The van der Waals surface area contributed by atoms with Crippen molar-refractivity contribution in [2.45, 2.75) is 26.3 Å². The Hall–Kier alpha value is -1.19. The van der Waals surface area contributed by atoms with E-state index in [1.165, 1.54) is 18.5 Å². The van der Waals surface area contributed by atoms with Crippen molar-refractivity contribution >= 4 is 5.78 Å². The molecule has 0 bridgehead atoms. The Morgan fingerprint density at radius 2 is 2.31 bits per heavy atom. The number of hydrogen-bond donors (Lipinski definition) is 0. The zero-order valence-corrected chi connectivity index (χ0v) is 7.34. The van der Waals surface area contributed by atoms with Crippen LogP contribution in [-0.2, 0) is 0 Å². The van der Waals surface area contributed by atoms with E-state index in [4.69, 9.17) is 0 Å². The van der Waals surface area contributed by atoms with Crippen LogP contribution >= 0.6 is 0 Å². The van der Waals surface area contributed by atoms with Crippen molar-refractivity contribution in [1.29, 1.82) is 0 Å². The number of alkyl halides is 2. The summed E-state index contributed by atoms with van der Waals surface area (Å²) in [6.45, 7) is -0.690. The molecule has 0 fully saturated rings. The fourth-order valence-corrected chi connectivity index (χ4v) is 1.07. The summed E-state index contributed by atoms with van der Waals surface area (Å²) in [7, 11) is 0. The lowest BCUT2D eigenvalue weighted by Crippen LogP contribution is -1.97. The minimum atomic E-state index is -2.57. The summed E-state index contributed by atoms with van der Waals surface area (Å²) in [5.41, 5.74) is 0.363. The molecule has 0 atom stereocenters. The van der Waals surface area contributed by atoms with Gasteiger partial charge in [-0.05, 0) is 12.5 Å². The highest BCUT2D eigenvalue weighted by atomic mass is 19.3. The fraction of sp³-hybridized carbons (Fsp3) is 0.444. The van der Waals surface area contributed by atoms with Gasteiger partial charge in [-0.3, -0.25) is 9.36 Å². The Morgan fingerprint density at radius 1 is 1.62 bits per heavy atom. The number of carbonyl (C=O) groups excluding carboxylic acids is 1. The van der Waals surface area contributed by atoms with E-state index in [0.717, 1.165) is 11.0 Å². The first-order chi connectivity index (χ1) is 6.15. The molecule has 1 rings (SSSR count). The first-order valence-corrected chi connectivity index (χ1v) is 4.14. The molecule has 0 N–H and O–H groups in total. The predicted molar refractivity (Wildman–Crippen MR) is 44.9 cm³/mol. The molecule has 13 heavy (non-hydrogen) atoms. The minimum Gasteiger partial charge on any atom is -0.298 e. The first kappa shape index (κ1) is 9.89. The summed E-state index contributed by atoms with van der Waals surface area (Å²) < 4.78 is 24.9. The number of ketones is 1. The maximum absolute atomic E-state index is 12.1. The maximum atomic E-state index is 12.1. The van der Waals surface area contributed by atoms with E-state index in [2.05, 4.69) is 0 Å². The normalized spacial score (nSPS) is 10.8. The number of rotatable bonds is 4. The van der Waals surface area contributed by atoms with E-state index < -0.39 is 6.55 Å². The van der Waals surface area contributed by atoms with Crippen LogP contribution in [0.25, 0.3) is 0 Å². The van der Waals surface area contributed by atoms with Gasteiger partial charge in [0.05, 0.1) is 0 Å². The molecule has 0 aliphatic heterocycles. The lowest BCUT2D eigenvalue weighted by atomic mass is 10.1. The Bertz CT molecular complexity index is 294. The van der Waals surface area contributed by atoms with Crippen LogP contribution in [0.1, 0.15) is 36.7 Å². The molecule has 0 aromatic carbocycles. The Balaban J connectivity index is 2.73. The highest BCUT2D eigenvalue weighted by Crippen LogP contribution is 2.13. The van der Waals surface area contributed by atoms with Crippen LogP contribution in [0.2, 0.25) is 0 Å². The van der Waals surface area contributed by atoms with Crippen molar-refractivity contribution in [2.24, 2.45) is 0 Å². The number of aromatic nitrogens is 1. The van der Waals surface area contributed by atoms with Gasteiger partial charge in [0.15, 0.2) is 5.78 Å². The van der Waals surface area contributed by atoms with Crippen LogP contribution in [-0.4, -0.2) is 10.4 Å². The summed E-state index contributed by atoms with van der Waals surface area (Å²) in [5, 5.41) is 0. The second-order valence-electron chi connectivity index (χ2n) is 2.80. The third-order valence-corrected chi connectivity index (χ3v) is 1.74. The van der Waals surface area contributed by atoms with Crippen molar-refractivity contribution < 1.29 is 13.6 Å². The lowest BCUT2D eigenvalue weighted by Gasteiger charge is -1.97. The van der Waals surface area contributed by atoms with E-state index in [0.29, 0.717) is 12.0 Å². The Kier molecular flexibility index (Phi) is 3.17. The third kappa shape index (κ3) is 2.37. The molecule has 1 aromatic rings. The Labute approximate surface area is 75.2 Å². The average molecular weight is 187 g/mol. The van der Waals surface area contributed by atoms with Gasteiger partial charge in [0.1, 0.15) is 0 Å². The van der Waals surface area contributed by atoms with Gasteiger partial charge in [-0.2, -0.15) is 8.78 Å². The standard InChI is InChI=1S/C9H11F2NO/c1-2-3-8(13)7-4-5-12(6-7)9(10)11/h4-6,9H,2-3H2,1H3. The second kappa shape index (κ2) is 4.16. The molecule has 72 valence electrons. The molecule has 2 nitrogen and oxygen atoms in total. The maximum Gasteiger partial charge on any atom is 0.318 e. The number of nitrogens with zero attached hydrogens (tertiary/aromatic N) is 1. The molecule has 4 heteroatoms. The van der Waals surface area contributed by atoms with Crippen LogP contribution in [0.3, 0.4) is 0 Å². The second-order valence-corrected chi connectivity index (χ2v) is 2.80. The van der Waals surface area contributed by atoms with E-state index in [1.54, 1.807) is 0 Å². The SMILES string of the molecule is CCCC(=O)c1ccn(C(F)F)c1. The molecule has 0 aliphatic carbocycles. The molecular weight excluding hydrogens is 176 g/mol. The van der Waals surface area contributed by atoms with Gasteiger partial charge >= 0.3 is 6.55 Å². The van der Waals surface area contributed by atoms with Gasteiger partial charge in [-0.25, -0.2) is 0 Å². The monoisotopic (exact) mass is 187 g/mol. The molecule has 1 heterocycles. The predicted octanol–water partition coefficient (Wildman–Crippen LogP) is 2.87. The van der Waals surface area contributed by atoms with Crippen LogP contribution in [0.15, 0.2) is 18.5 Å². The van der Waals surface area contributed by atoms with E-state index in [1.807, 2.05) is 6.92 Å². The van der Waals surface area contributed by atoms with Crippen LogP contribution in [0, 0.1) is 0 Å². The number of halogens is 2. The average Bonchev–Trinajstić information content (AvgIpc) is 2.52. The summed E-state index contributed by atoms with van der Waals surface area (Å²) in [6, 6.07) is 1.42. The van der Waals surface area contributed by atoms with Crippen LogP contribution in [0.4, 0.5) is 8.78 Å². The van der Waals surface area contributed by atoms with Crippen molar-refractivity contribution in [3.63, 3.8) is 0 Å². The fourth-order valence-electron chi connectivity index (χ4n) is 1.07. The van der Waals surface area contributed by atoms with Gasteiger partial charge in [0, 0.05) is 24.4 Å². The largest absolute Gasteiger partial charge is 0.318 e. The lowest BCUT2D eigenvalue weighted by molar-refractivity contribution is 0.0705. The topological polar surface area (TPSA) is 22.0 Å². The Morgan fingerprint density at radius 3 is 2.77 bits per heavy atom. The molecule has 0 amide bonds. The van der Waals surface area contributed by atoms with Gasteiger partial charge in [-0.1, -0.05) is 6.92 Å². The smallest absolute Gasteiger partial charge is 0.298 e. The molecule has 1 aromatic heterocycles. The molecule has 0 saturated heterocycles. The number of hydrogen-bond acceptors (Lipinski definition) is 1. The van der Waals surface area contributed by atoms with Crippen molar-refractivity contribution in [2.75, 3.05) is 0 Å². The molecule has 0 spiro atoms. The molecule has 0 aliphatic rings. The highest BCUT2D eigenvalue weighted by Gasteiger charge is 2.09. The van der Waals surface area contributed by atoms with Crippen molar-refractivity contribution in [3.8, 4) is 0 Å². The summed E-state index contributed by atoms with van der Waals surface area (Å²) in [5.74, 6) is -0.0816. The van der Waals surface area contributed by atoms with E-state index >= 15 is 0 Å². The number of Topliss-reactive ketones (excluding diaryl/α,β-unsaturated/α-hetero) is 1. The quantitative estimate of drug-likeness (QED) is 0.664. The highest BCUT2D eigenvalue weighted by molar-refractivity contribution is 5.95. The summed E-state index contributed by atoms with van der Waals surface area (Å²) >= 11 is 0. The molecule has 0 saturated carbocycles. The van der Waals surface area contributed by atoms with Crippen molar-refractivity contribution in [3.05, 3.63) is 24.0 Å². The van der Waals surface area contributed by atoms with E-state index in [9.17, 15) is 13.6 Å². The third-order valence-electron chi connectivity index (χ3n) is 1.74. The van der Waals surface area contributed by atoms with E-state index in [-0.39, 0.29) is 5.78 Å². The first-order valence-electron chi connectivity index (χ1n) is 4.14. The van der Waals surface area contributed by atoms with Gasteiger partial charge < -0.3 is 0 Å². The summed E-state index contributed by atoms with van der Waals surface area (Å²) in [6.07, 6.45) is 3.54. The number of carbonyl (C=O) groups is 1. The van der Waals surface area contributed by atoms with Crippen LogP contribution in [0.5, 0.6) is 0 Å². The van der Waals surface area contributed by atoms with Crippen LogP contribution < -0.4 is 0 Å². The zero-order chi connectivity index (χ0) is 9.84. The molecule has 0 radical (unpaired) electrons. The zero-order valence-electron chi connectivity index (χ0n) is 7.34. The molecular formula is C9H11F2NO. The van der Waals surface area contributed by atoms with Gasteiger partial charge in [-0.15, -0.1) is 0 Å². The van der Waals surface area contributed by atoms with Gasteiger partial charge in [0.25, 0.3) is 0 Å². The molecule has 0 unspecified atom stereocenters.